The van der Waals surface area contributed by atoms with E-state index in [4.69, 9.17) is 14.9 Å². The van der Waals surface area contributed by atoms with Crippen molar-refractivity contribution >= 4 is 5.97 Å². The van der Waals surface area contributed by atoms with Crippen LogP contribution in [0.5, 0.6) is 0 Å². The summed E-state index contributed by atoms with van der Waals surface area (Å²) in [6.07, 6.45) is 4.01. The van der Waals surface area contributed by atoms with Gasteiger partial charge in [-0.3, -0.25) is 0 Å². The number of unbranched alkanes of at least 4 members (excludes halogenated alkanes) is 4. The molecule has 0 heterocycles. The van der Waals surface area contributed by atoms with Gasteiger partial charge >= 0.3 is 5.97 Å². The maximum atomic E-state index is 10.8. The van der Waals surface area contributed by atoms with Crippen molar-refractivity contribution in [2.75, 3.05) is 13.2 Å². The normalized spacial score (nSPS) is 12.5. The van der Waals surface area contributed by atoms with Crippen LogP contribution in [0.1, 0.15) is 39.0 Å². The van der Waals surface area contributed by atoms with Crippen LogP contribution < -0.4 is 0 Å². The molecule has 4 nitrogen and oxygen atoms in total. The lowest BCUT2D eigenvalue weighted by molar-refractivity contribution is -0.155. The minimum Gasteiger partial charge on any atom is -0.464 e. The Balaban J connectivity index is 3.23. The fourth-order valence-electron chi connectivity index (χ4n) is 1.05. The Hall–Kier alpha value is -0.610. The Morgan fingerprint density at radius 1 is 1.29 bits per heavy atom. The van der Waals surface area contributed by atoms with Gasteiger partial charge in [0.25, 0.3) is 0 Å². The third kappa shape index (κ3) is 6.86. The van der Waals surface area contributed by atoms with Crippen LogP contribution in [0.4, 0.5) is 0 Å². The highest BCUT2D eigenvalue weighted by Crippen LogP contribution is 2.02. The SMILES string of the molecule is CCCCCCCOC(=O)[C@H](O)CO. The third-order valence-corrected chi connectivity index (χ3v) is 1.94. The van der Waals surface area contributed by atoms with Gasteiger partial charge in [0.05, 0.1) is 13.2 Å². The molecule has 84 valence electrons. The van der Waals surface area contributed by atoms with Crippen molar-refractivity contribution in [3.8, 4) is 0 Å². The van der Waals surface area contributed by atoms with Gasteiger partial charge < -0.3 is 14.9 Å². The molecule has 2 N–H and O–H groups in total. The summed E-state index contributed by atoms with van der Waals surface area (Å²) in [5, 5.41) is 17.3. The van der Waals surface area contributed by atoms with E-state index >= 15 is 0 Å². The first-order chi connectivity index (χ1) is 6.72. The van der Waals surface area contributed by atoms with Crippen molar-refractivity contribution in [3.05, 3.63) is 0 Å². The number of carbonyl (C=O) groups excluding carboxylic acids is 1. The maximum Gasteiger partial charge on any atom is 0.337 e. The van der Waals surface area contributed by atoms with Gasteiger partial charge in [-0.05, 0) is 6.42 Å². The molecule has 0 bridgehead atoms. The zero-order chi connectivity index (χ0) is 10.8. The summed E-state index contributed by atoms with van der Waals surface area (Å²) in [5.41, 5.74) is 0. The molecule has 4 heteroatoms. The zero-order valence-corrected chi connectivity index (χ0v) is 8.74. The number of aliphatic hydroxyl groups excluding tert-OH is 2. The molecular formula is C10H20O4. The molecule has 0 aromatic carbocycles. The predicted octanol–water partition coefficient (Wildman–Crippen LogP) is 0.853. The van der Waals surface area contributed by atoms with Crippen LogP contribution >= 0.6 is 0 Å². The van der Waals surface area contributed by atoms with E-state index in [-0.39, 0.29) is 0 Å². The molecule has 0 unspecified atom stereocenters. The van der Waals surface area contributed by atoms with Gasteiger partial charge in [0.2, 0.25) is 0 Å². The van der Waals surface area contributed by atoms with E-state index in [0.717, 1.165) is 19.3 Å². The van der Waals surface area contributed by atoms with Crippen LogP contribution in [0.15, 0.2) is 0 Å². The molecule has 0 rings (SSSR count). The number of hydrogen-bond acceptors (Lipinski definition) is 4. The molecular weight excluding hydrogens is 184 g/mol. The van der Waals surface area contributed by atoms with Crippen LogP contribution in [0, 0.1) is 0 Å². The smallest absolute Gasteiger partial charge is 0.337 e. The lowest BCUT2D eigenvalue weighted by Gasteiger charge is -2.07. The largest absolute Gasteiger partial charge is 0.464 e. The summed E-state index contributed by atoms with van der Waals surface area (Å²) < 4.78 is 4.73. The molecule has 0 radical (unpaired) electrons. The Kier molecular flexibility index (Phi) is 8.57. The summed E-state index contributed by atoms with van der Waals surface area (Å²) >= 11 is 0. The Morgan fingerprint density at radius 2 is 1.93 bits per heavy atom. The number of carbonyl (C=O) groups is 1. The van der Waals surface area contributed by atoms with E-state index < -0.39 is 18.7 Å². The summed E-state index contributed by atoms with van der Waals surface area (Å²) in [7, 11) is 0. The first-order valence-electron chi connectivity index (χ1n) is 5.18. The van der Waals surface area contributed by atoms with Crippen LogP contribution in [0.2, 0.25) is 0 Å². The summed E-state index contributed by atoms with van der Waals surface area (Å²) in [4.78, 5) is 10.8. The molecule has 0 amide bonds. The zero-order valence-electron chi connectivity index (χ0n) is 8.74. The highest BCUT2D eigenvalue weighted by molar-refractivity contribution is 5.74. The van der Waals surface area contributed by atoms with Gasteiger partial charge in [-0.1, -0.05) is 32.6 Å². The van der Waals surface area contributed by atoms with Crippen molar-refractivity contribution < 1.29 is 19.7 Å². The topological polar surface area (TPSA) is 66.8 Å². The molecule has 0 saturated heterocycles. The first kappa shape index (κ1) is 13.4. The second-order valence-electron chi connectivity index (χ2n) is 3.28. The van der Waals surface area contributed by atoms with Gasteiger partial charge in [0.1, 0.15) is 0 Å². The van der Waals surface area contributed by atoms with Gasteiger partial charge in [-0.15, -0.1) is 0 Å². The summed E-state index contributed by atoms with van der Waals surface area (Å²) in [6.45, 7) is 1.89. The van der Waals surface area contributed by atoms with E-state index in [1.807, 2.05) is 0 Å². The molecule has 0 saturated carbocycles. The Bertz CT molecular complexity index is 147. The number of rotatable bonds is 8. The average molecular weight is 204 g/mol. The van der Waals surface area contributed by atoms with Crippen molar-refractivity contribution in [2.24, 2.45) is 0 Å². The second kappa shape index (κ2) is 8.97. The Morgan fingerprint density at radius 3 is 2.50 bits per heavy atom. The molecule has 1 atom stereocenters. The lowest BCUT2D eigenvalue weighted by Crippen LogP contribution is -2.26. The van der Waals surface area contributed by atoms with E-state index in [0.29, 0.717) is 6.61 Å². The average Bonchev–Trinajstić information content (AvgIpc) is 2.21. The number of ether oxygens (including phenoxy) is 1. The minimum absolute atomic E-state index is 0.333. The standard InChI is InChI=1S/C10H20O4/c1-2-3-4-5-6-7-14-10(13)9(12)8-11/h9,11-12H,2-8H2,1H3/t9-/m1/s1. The third-order valence-electron chi connectivity index (χ3n) is 1.94. The number of esters is 1. The molecule has 0 spiro atoms. The fraction of sp³-hybridized carbons (Fsp3) is 0.900. The van der Waals surface area contributed by atoms with Crippen LogP contribution in [0.3, 0.4) is 0 Å². The van der Waals surface area contributed by atoms with Crippen molar-refractivity contribution in [3.63, 3.8) is 0 Å². The number of hydrogen-bond donors (Lipinski definition) is 2. The van der Waals surface area contributed by atoms with Crippen LogP contribution in [0.25, 0.3) is 0 Å². The van der Waals surface area contributed by atoms with E-state index in [2.05, 4.69) is 6.92 Å². The monoisotopic (exact) mass is 204 g/mol. The minimum atomic E-state index is -1.38. The molecule has 0 aliphatic heterocycles. The van der Waals surface area contributed by atoms with Crippen LogP contribution in [-0.2, 0) is 9.53 Å². The second-order valence-corrected chi connectivity index (χ2v) is 3.28. The van der Waals surface area contributed by atoms with Gasteiger partial charge in [-0.25, -0.2) is 4.79 Å². The molecule has 0 aromatic heterocycles. The van der Waals surface area contributed by atoms with Crippen molar-refractivity contribution in [1.82, 2.24) is 0 Å². The van der Waals surface area contributed by atoms with E-state index in [1.54, 1.807) is 0 Å². The first-order valence-corrected chi connectivity index (χ1v) is 5.18. The quantitative estimate of drug-likeness (QED) is 0.454. The molecule has 0 aromatic rings. The van der Waals surface area contributed by atoms with Crippen molar-refractivity contribution in [1.29, 1.82) is 0 Å². The summed E-state index contributed by atoms with van der Waals surface area (Å²) in [6, 6.07) is 0. The predicted molar refractivity (Wildman–Crippen MR) is 52.8 cm³/mol. The maximum absolute atomic E-state index is 10.8. The highest BCUT2D eigenvalue weighted by Gasteiger charge is 2.14. The lowest BCUT2D eigenvalue weighted by atomic mass is 10.2. The van der Waals surface area contributed by atoms with Crippen LogP contribution in [-0.4, -0.2) is 35.5 Å². The summed E-state index contributed by atoms with van der Waals surface area (Å²) in [5.74, 6) is -0.733. The molecule has 0 fully saturated rings. The van der Waals surface area contributed by atoms with Crippen molar-refractivity contribution in [2.45, 2.75) is 45.1 Å². The van der Waals surface area contributed by atoms with E-state index in [9.17, 15) is 4.79 Å². The Labute approximate surface area is 84.9 Å². The van der Waals surface area contributed by atoms with Gasteiger partial charge in [0.15, 0.2) is 6.10 Å². The molecule has 0 aliphatic rings. The van der Waals surface area contributed by atoms with Gasteiger partial charge in [0, 0.05) is 0 Å². The fourth-order valence-corrected chi connectivity index (χ4v) is 1.05. The highest BCUT2D eigenvalue weighted by atomic mass is 16.5. The van der Waals surface area contributed by atoms with E-state index in [1.165, 1.54) is 12.8 Å². The van der Waals surface area contributed by atoms with Gasteiger partial charge in [-0.2, -0.15) is 0 Å². The molecule has 0 aliphatic carbocycles. The number of aliphatic hydroxyl groups is 2. The molecule has 14 heavy (non-hydrogen) atoms.